The molecule has 0 unspecified atom stereocenters. The number of para-hydroxylation sites is 2. The number of aromatic nitrogens is 1. The third-order valence-corrected chi connectivity index (χ3v) is 6.40. The molecule has 5 rings (SSSR count). The minimum Gasteiger partial charge on any atom is -0.422 e. The second-order valence-electron chi connectivity index (χ2n) is 8.12. The number of hydrogen-bond acceptors (Lipinski definition) is 4. The van der Waals surface area contributed by atoms with Gasteiger partial charge in [0.05, 0.1) is 22.3 Å². The molecule has 1 heterocycles. The van der Waals surface area contributed by atoms with Crippen LogP contribution in [-0.2, 0) is 0 Å². The molecule has 0 bridgehead atoms. The van der Waals surface area contributed by atoms with E-state index in [1.807, 2.05) is 0 Å². The molecule has 0 aliphatic rings. The van der Waals surface area contributed by atoms with Crippen LogP contribution < -0.4 is 10.2 Å². The Balaban J connectivity index is 1.42. The number of hydrogen-bond donors (Lipinski definition) is 2. The molecule has 0 saturated carbocycles. The lowest BCUT2D eigenvalue weighted by Crippen LogP contribution is -2.19. The molecule has 2 N–H and O–H groups in total. The standard InChI is InChI=1S/C29H18Cl2FN3O3/c30-21-12-4-2-9-18(21)25-20-11-7-14-23(32)26(20)34-27(25)28(36)35-33-16-17-8-1-6-15-24(17)38-29(37)19-10-3-5-13-22(19)31/h1-16,34H,(H,35,36). The third kappa shape index (κ3) is 5.02. The van der Waals surface area contributed by atoms with Crippen molar-refractivity contribution < 1.29 is 18.7 Å². The zero-order valence-corrected chi connectivity index (χ0v) is 21.1. The molecule has 1 amide bonds. The molecule has 1 aromatic heterocycles. The number of esters is 1. The topological polar surface area (TPSA) is 83.5 Å². The summed E-state index contributed by atoms with van der Waals surface area (Å²) >= 11 is 12.5. The highest BCUT2D eigenvalue weighted by Gasteiger charge is 2.22. The number of rotatable bonds is 6. The quantitative estimate of drug-likeness (QED) is 0.102. The first kappa shape index (κ1) is 25.2. The van der Waals surface area contributed by atoms with Gasteiger partial charge in [-0.15, -0.1) is 0 Å². The third-order valence-electron chi connectivity index (χ3n) is 5.74. The second kappa shape index (κ2) is 10.9. The number of carbonyl (C=O) groups is 2. The molecule has 38 heavy (non-hydrogen) atoms. The van der Waals surface area contributed by atoms with Crippen molar-refractivity contribution in [1.29, 1.82) is 0 Å². The van der Waals surface area contributed by atoms with E-state index in [9.17, 15) is 14.0 Å². The molecule has 4 aromatic carbocycles. The van der Waals surface area contributed by atoms with E-state index in [-0.39, 0.29) is 27.5 Å². The summed E-state index contributed by atoms with van der Waals surface area (Å²) in [5.74, 6) is -1.53. The fraction of sp³-hybridized carbons (Fsp3) is 0. The molecule has 188 valence electrons. The van der Waals surface area contributed by atoms with Crippen LogP contribution in [0.2, 0.25) is 10.0 Å². The van der Waals surface area contributed by atoms with Crippen LogP contribution in [0.4, 0.5) is 4.39 Å². The van der Waals surface area contributed by atoms with Crippen molar-refractivity contribution in [3.8, 4) is 16.9 Å². The molecular formula is C29H18Cl2FN3O3. The molecule has 5 aromatic rings. The molecule has 0 saturated heterocycles. The van der Waals surface area contributed by atoms with E-state index in [0.29, 0.717) is 27.1 Å². The van der Waals surface area contributed by atoms with E-state index in [1.54, 1.807) is 84.9 Å². The number of aromatic amines is 1. The average molecular weight is 546 g/mol. The Morgan fingerprint density at radius 3 is 2.37 bits per heavy atom. The lowest BCUT2D eigenvalue weighted by Gasteiger charge is -2.08. The zero-order valence-electron chi connectivity index (χ0n) is 19.5. The predicted octanol–water partition coefficient (Wildman–Crippen LogP) is 7.26. The van der Waals surface area contributed by atoms with Crippen LogP contribution in [0.1, 0.15) is 26.4 Å². The lowest BCUT2D eigenvalue weighted by molar-refractivity contribution is 0.0734. The van der Waals surface area contributed by atoms with Gasteiger partial charge >= 0.3 is 5.97 Å². The van der Waals surface area contributed by atoms with Gasteiger partial charge in [0.2, 0.25) is 0 Å². The Hall–Kier alpha value is -4.46. The van der Waals surface area contributed by atoms with Gasteiger partial charge in [0, 0.05) is 27.1 Å². The van der Waals surface area contributed by atoms with Gasteiger partial charge in [-0.05, 0) is 36.4 Å². The van der Waals surface area contributed by atoms with Gasteiger partial charge in [-0.1, -0.05) is 77.8 Å². The van der Waals surface area contributed by atoms with Crippen LogP contribution in [0, 0.1) is 5.82 Å². The Morgan fingerprint density at radius 1 is 0.868 bits per heavy atom. The summed E-state index contributed by atoms with van der Waals surface area (Å²) in [4.78, 5) is 28.7. The molecule has 0 fully saturated rings. The monoisotopic (exact) mass is 545 g/mol. The maximum atomic E-state index is 14.6. The van der Waals surface area contributed by atoms with Crippen LogP contribution in [0.25, 0.3) is 22.0 Å². The van der Waals surface area contributed by atoms with Crippen molar-refractivity contribution in [1.82, 2.24) is 10.4 Å². The molecular weight excluding hydrogens is 528 g/mol. The number of H-pyrrole nitrogens is 1. The Kier molecular flexibility index (Phi) is 7.22. The summed E-state index contributed by atoms with van der Waals surface area (Å²) in [5, 5.41) is 5.21. The number of nitrogens with zero attached hydrogens (tertiary/aromatic N) is 1. The highest BCUT2D eigenvalue weighted by atomic mass is 35.5. The first-order valence-electron chi connectivity index (χ1n) is 11.4. The normalized spacial score (nSPS) is 11.1. The second-order valence-corrected chi connectivity index (χ2v) is 8.94. The van der Waals surface area contributed by atoms with E-state index in [1.165, 1.54) is 12.3 Å². The van der Waals surface area contributed by atoms with E-state index >= 15 is 0 Å². The summed E-state index contributed by atoms with van der Waals surface area (Å²) in [6.45, 7) is 0. The SMILES string of the molecule is O=C(Oc1ccccc1C=NNC(=O)c1[nH]c2c(F)cccc2c1-c1ccccc1Cl)c1ccccc1Cl. The summed E-state index contributed by atoms with van der Waals surface area (Å²) in [6, 6.07) is 24.8. The molecule has 0 aliphatic carbocycles. The maximum Gasteiger partial charge on any atom is 0.345 e. The number of carbonyl (C=O) groups excluding carboxylic acids is 2. The fourth-order valence-corrected chi connectivity index (χ4v) is 4.42. The smallest absolute Gasteiger partial charge is 0.345 e. The van der Waals surface area contributed by atoms with Crippen molar-refractivity contribution in [2.24, 2.45) is 5.10 Å². The van der Waals surface area contributed by atoms with Gasteiger partial charge < -0.3 is 9.72 Å². The lowest BCUT2D eigenvalue weighted by atomic mass is 10.0. The Labute approximate surface area is 226 Å². The van der Waals surface area contributed by atoms with Crippen molar-refractivity contribution in [3.05, 3.63) is 124 Å². The van der Waals surface area contributed by atoms with Gasteiger partial charge in [0.25, 0.3) is 5.91 Å². The molecule has 0 aliphatic heterocycles. The van der Waals surface area contributed by atoms with Crippen LogP contribution in [0.15, 0.2) is 96.1 Å². The van der Waals surface area contributed by atoms with E-state index in [2.05, 4.69) is 15.5 Å². The van der Waals surface area contributed by atoms with Gasteiger partial charge in [-0.3, -0.25) is 4.79 Å². The summed E-state index contributed by atoms with van der Waals surface area (Å²) in [5.41, 5.74) is 4.38. The number of nitrogens with one attached hydrogen (secondary N) is 2. The number of fused-ring (bicyclic) bond motifs is 1. The van der Waals surface area contributed by atoms with E-state index in [4.69, 9.17) is 27.9 Å². The fourth-order valence-electron chi connectivity index (χ4n) is 3.97. The number of ether oxygens (including phenoxy) is 1. The minimum atomic E-state index is -0.634. The van der Waals surface area contributed by atoms with E-state index in [0.717, 1.165) is 0 Å². The number of benzene rings is 4. The van der Waals surface area contributed by atoms with Crippen LogP contribution in [-0.4, -0.2) is 23.1 Å². The van der Waals surface area contributed by atoms with Gasteiger partial charge in [-0.2, -0.15) is 5.10 Å². The maximum absolute atomic E-state index is 14.6. The molecule has 0 spiro atoms. The van der Waals surface area contributed by atoms with Crippen molar-refractivity contribution in [3.63, 3.8) is 0 Å². The molecule has 6 nitrogen and oxygen atoms in total. The van der Waals surface area contributed by atoms with Crippen LogP contribution in [0.3, 0.4) is 0 Å². The van der Waals surface area contributed by atoms with Crippen LogP contribution >= 0.6 is 23.2 Å². The van der Waals surface area contributed by atoms with Crippen molar-refractivity contribution in [2.75, 3.05) is 0 Å². The summed E-state index contributed by atoms with van der Waals surface area (Å²) in [6.07, 6.45) is 1.34. The summed E-state index contributed by atoms with van der Waals surface area (Å²) in [7, 11) is 0. The predicted molar refractivity (Wildman–Crippen MR) is 147 cm³/mol. The van der Waals surface area contributed by atoms with Crippen LogP contribution in [0.5, 0.6) is 5.75 Å². The Bertz CT molecular complexity index is 1710. The zero-order chi connectivity index (χ0) is 26.6. The first-order valence-corrected chi connectivity index (χ1v) is 12.1. The van der Waals surface area contributed by atoms with Gasteiger partial charge in [0.15, 0.2) is 0 Å². The minimum absolute atomic E-state index is 0.0915. The summed E-state index contributed by atoms with van der Waals surface area (Å²) < 4.78 is 20.1. The highest BCUT2D eigenvalue weighted by Crippen LogP contribution is 2.37. The van der Waals surface area contributed by atoms with Gasteiger partial charge in [-0.25, -0.2) is 14.6 Å². The molecule has 0 atom stereocenters. The number of amides is 1. The number of hydrazone groups is 1. The van der Waals surface area contributed by atoms with Crippen molar-refractivity contribution in [2.45, 2.75) is 0 Å². The largest absolute Gasteiger partial charge is 0.422 e. The highest BCUT2D eigenvalue weighted by molar-refractivity contribution is 6.34. The van der Waals surface area contributed by atoms with Gasteiger partial charge in [0.1, 0.15) is 17.3 Å². The Morgan fingerprint density at radius 2 is 1.58 bits per heavy atom. The number of halogens is 3. The average Bonchev–Trinajstić information content (AvgIpc) is 3.31. The van der Waals surface area contributed by atoms with Crippen molar-refractivity contribution >= 4 is 52.2 Å². The first-order chi connectivity index (χ1) is 18.4. The molecule has 0 radical (unpaired) electrons. The van der Waals surface area contributed by atoms with E-state index < -0.39 is 17.7 Å². The molecule has 9 heteroatoms.